The molecular formula is C14H22N2O2S. The maximum Gasteiger partial charge on any atom is 0.305 e. The lowest BCUT2D eigenvalue weighted by atomic mass is 9.96. The number of hydrogen-bond acceptors (Lipinski definition) is 4. The maximum atomic E-state index is 11.0. The number of aliphatic carboxylic acids is 1. The van der Waals surface area contributed by atoms with Gasteiger partial charge >= 0.3 is 5.97 Å². The van der Waals surface area contributed by atoms with Crippen molar-refractivity contribution in [2.75, 3.05) is 26.7 Å². The van der Waals surface area contributed by atoms with Gasteiger partial charge in [0.25, 0.3) is 0 Å². The van der Waals surface area contributed by atoms with E-state index in [1.165, 1.54) is 12.8 Å². The van der Waals surface area contributed by atoms with Crippen LogP contribution in [-0.4, -0.2) is 42.7 Å². The number of hydrogen-bond donors (Lipinski definition) is 2. The van der Waals surface area contributed by atoms with Crippen molar-refractivity contribution in [3.63, 3.8) is 0 Å². The minimum absolute atomic E-state index is 0.0443. The Bertz CT molecular complexity index is 386. The summed E-state index contributed by atoms with van der Waals surface area (Å²) in [4.78, 5) is 14.4. The van der Waals surface area contributed by atoms with Gasteiger partial charge < -0.3 is 15.3 Å². The Hall–Kier alpha value is -0.910. The summed E-state index contributed by atoms with van der Waals surface area (Å²) in [5.74, 6) is -0.0678. The lowest BCUT2D eigenvalue weighted by Gasteiger charge is -2.30. The summed E-state index contributed by atoms with van der Waals surface area (Å²) >= 11 is 1.63. The van der Waals surface area contributed by atoms with Gasteiger partial charge in [0.1, 0.15) is 0 Å². The highest BCUT2D eigenvalue weighted by Gasteiger charge is 2.20. The van der Waals surface area contributed by atoms with E-state index in [2.05, 4.69) is 17.3 Å². The third kappa shape index (κ3) is 4.60. The Balaban J connectivity index is 1.84. The zero-order chi connectivity index (χ0) is 13.7. The predicted octanol–water partition coefficient (Wildman–Crippen LogP) is 2.20. The Morgan fingerprint density at radius 1 is 1.58 bits per heavy atom. The first-order valence-corrected chi connectivity index (χ1v) is 7.70. The number of carboxylic acid groups (broad SMARTS) is 1. The molecule has 1 atom stereocenters. The van der Waals surface area contributed by atoms with Gasteiger partial charge in [-0.1, -0.05) is 6.07 Å². The van der Waals surface area contributed by atoms with E-state index in [9.17, 15) is 4.79 Å². The molecule has 2 rings (SSSR count). The van der Waals surface area contributed by atoms with E-state index in [0.717, 1.165) is 24.5 Å². The Labute approximate surface area is 118 Å². The first-order valence-electron chi connectivity index (χ1n) is 6.82. The van der Waals surface area contributed by atoms with Crippen LogP contribution in [0.3, 0.4) is 0 Å². The topological polar surface area (TPSA) is 52.6 Å². The molecule has 4 nitrogen and oxygen atoms in total. The van der Waals surface area contributed by atoms with Crippen molar-refractivity contribution in [1.82, 2.24) is 10.2 Å². The molecule has 2 heterocycles. The van der Waals surface area contributed by atoms with E-state index in [4.69, 9.17) is 5.11 Å². The quantitative estimate of drug-likeness (QED) is 0.840. The molecule has 19 heavy (non-hydrogen) atoms. The van der Waals surface area contributed by atoms with Crippen molar-refractivity contribution in [2.45, 2.75) is 25.3 Å². The molecule has 0 amide bonds. The predicted molar refractivity (Wildman–Crippen MR) is 77.5 cm³/mol. The molecule has 1 unspecified atom stereocenters. The summed E-state index contributed by atoms with van der Waals surface area (Å²) in [7, 11) is 2.16. The molecule has 0 aliphatic carbocycles. The van der Waals surface area contributed by atoms with Crippen molar-refractivity contribution in [2.24, 2.45) is 5.92 Å². The van der Waals surface area contributed by atoms with Gasteiger partial charge in [0.15, 0.2) is 0 Å². The smallest absolute Gasteiger partial charge is 0.305 e. The number of carbonyl (C=O) groups is 1. The van der Waals surface area contributed by atoms with Crippen LogP contribution >= 0.6 is 11.3 Å². The van der Waals surface area contributed by atoms with Crippen LogP contribution in [0.4, 0.5) is 0 Å². The van der Waals surface area contributed by atoms with Crippen LogP contribution in [0, 0.1) is 5.92 Å². The molecule has 106 valence electrons. The van der Waals surface area contributed by atoms with Crippen LogP contribution < -0.4 is 5.32 Å². The molecule has 0 saturated carbocycles. The highest BCUT2D eigenvalue weighted by Crippen LogP contribution is 2.23. The minimum Gasteiger partial charge on any atom is -0.481 e. The fourth-order valence-corrected chi connectivity index (χ4v) is 3.31. The molecule has 1 fully saturated rings. The molecule has 0 radical (unpaired) electrons. The molecule has 0 aromatic carbocycles. The molecule has 1 aromatic rings. The fourth-order valence-electron chi connectivity index (χ4n) is 2.51. The van der Waals surface area contributed by atoms with Crippen LogP contribution in [0.1, 0.15) is 30.2 Å². The summed E-state index contributed by atoms with van der Waals surface area (Å²) in [5.41, 5.74) is 0. The highest BCUT2D eigenvalue weighted by atomic mass is 32.1. The van der Waals surface area contributed by atoms with Crippen molar-refractivity contribution in [1.29, 1.82) is 0 Å². The van der Waals surface area contributed by atoms with Crippen molar-refractivity contribution in [3.8, 4) is 0 Å². The Kier molecular flexibility index (Phi) is 5.36. The van der Waals surface area contributed by atoms with Crippen LogP contribution in [0.2, 0.25) is 0 Å². The number of nitrogens with one attached hydrogen (secondary N) is 1. The van der Waals surface area contributed by atoms with Crippen LogP contribution in [0.15, 0.2) is 17.5 Å². The van der Waals surface area contributed by atoms with E-state index in [0.29, 0.717) is 5.92 Å². The fraction of sp³-hybridized carbons (Fsp3) is 0.643. The van der Waals surface area contributed by atoms with Crippen molar-refractivity contribution >= 4 is 17.3 Å². The highest BCUT2D eigenvalue weighted by molar-refractivity contribution is 7.10. The van der Waals surface area contributed by atoms with Gasteiger partial charge in [-0.3, -0.25) is 4.79 Å². The minimum atomic E-state index is -0.741. The van der Waals surface area contributed by atoms with Crippen molar-refractivity contribution < 1.29 is 9.90 Å². The SMILES string of the molecule is CN1CCC(CNC(CC(=O)O)c2cccs2)CC1. The molecular weight excluding hydrogens is 260 g/mol. The average Bonchev–Trinajstić information content (AvgIpc) is 2.90. The largest absolute Gasteiger partial charge is 0.481 e. The summed E-state index contributed by atoms with van der Waals surface area (Å²) in [5, 5.41) is 14.5. The van der Waals surface area contributed by atoms with E-state index in [1.807, 2.05) is 17.5 Å². The summed E-state index contributed by atoms with van der Waals surface area (Å²) in [6, 6.07) is 3.95. The van der Waals surface area contributed by atoms with Gasteiger partial charge in [-0.25, -0.2) is 0 Å². The second-order valence-corrected chi connectivity index (χ2v) is 6.30. The van der Waals surface area contributed by atoms with E-state index < -0.39 is 5.97 Å². The van der Waals surface area contributed by atoms with E-state index in [1.54, 1.807) is 11.3 Å². The normalized spacial score (nSPS) is 19.4. The second kappa shape index (κ2) is 7.03. The van der Waals surface area contributed by atoms with Crippen LogP contribution in [-0.2, 0) is 4.79 Å². The second-order valence-electron chi connectivity index (χ2n) is 5.32. The number of thiophene rings is 1. The lowest BCUT2D eigenvalue weighted by Crippen LogP contribution is -2.36. The van der Waals surface area contributed by atoms with Crippen LogP contribution in [0.5, 0.6) is 0 Å². The first-order chi connectivity index (χ1) is 9.15. The number of likely N-dealkylation sites (tertiary alicyclic amines) is 1. The lowest BCUT2D eigenvalue weighted by molar-refractivity contribution is -0.137. The monoisotopic (exact) mass is 282 g/mol. The molecule has 1 aliphatic rings. The molecule has 5 heteroatoms. The van der Waals surface area contributed by atoms with Crippen molar-refractivity contribution in [3.05, 3.63) is 22.4 Å². The van der Waals surface area contributed by atoms with E-state index >= 15 is 0 Å². The first kappa shape index (κ1) is 14.5. The van der Waals surface area contributed by atoms with Gasteiger partial charge in [-0.2, -0.15) is 0 Å². The zero-order valence-electron chi connectivity index (χ0n) is 11.3. The summed E-state index contributed by atoms with van der Waals surface area (Å²) < 4.78 is 0. The Morgan fingerprint density at radius 3 is 2.89 bits per heavy atom. The molecule has 0 spiro atoms. The molecule has 1 saturated heterocycles. The van der Waals surface area contributed by atoms with E-state index in [-0.39, 0.29) is 12.5 Å². The standard InChI is InChI=1S/C14H22N2O2S/c1-16-6-4-11(5-7-16)10-15-12(9-14(17)18)13-3-2-8-19-13/h2-3,8,11-12,15H,4-7,9-10H2,1H3,(H,17,18). The maximum absolute atomic E-state index is 11.0. The molecule has 0 bridgehead atoms. The number of piperidine rings is 1. The summed E-state index contributed by atoms with van der Waals surface area (Å²) in [6.07, 6.45) is 2.56. The van der Waals surface area contributed by atoms with Gasteiger partial charge in [0, 0.05) is 4.88 Å². The van der Waals surface area contributed by atoms with Gasteiger partial charge in [0.2, 0.25) is 0 Å². The third-order valence-electron chi connectivity index (χ3n) is 3.76. The third-order valence-corrected chi connectivity index (χ3v) is 4.74. The van der Waals surface area contributed by atoms with Gasteiger partial charge in [-0.05, 0) is 56.9 Å². The Morgan fingerprint density at radius 2 is 2.32 bits per heavy atom. The van der Waals surface area contributed by atoms with Gasteiger partial charge in [0.05, 0.1) is 12.5 Å². The number of nitrogens with zero attached hydrogens (tertiary/aromatic N) is 1. The number of rotatable bonds is 6. The molecule has 1 aliphatic heterocycles. The molecule has 1 aromatic heterocycles. The van der Waals surface area contributed by atoms with Gasteiger partial charge in [-0.15, -0.1) is 11.3 Å². The molecule has 2 N–H and O–H groups in total. The number of carboxylic acids is 1. The summed E-state index contributed by atoms with van der Waals surface area (Å²) in [6.45, 7) is 3.22. The van der Waals surface area contributed by atoms with Crippen LogP contribution in [0.25, 0.3) is 0 Å². The zero-order valence-corrected chi connectivity index (χ0v) is 12.2. The average molecular weight is 282 g/mol.